The smallest absolute Gasteiger partial charge is 0.338 e. The molecule has 1 fully saturated rings. The third-order valence-corrected chi connectivity index (χ3v) is 3.39. The van der Waals surface area contributed by atoms with E-state index in [0.717, 1.165) is 31.4 Å². The highest BCUT2D eigenvalue weighted by Crippen LogP contribution is 2.24. The monoisotopic (exact) mass is 266 g/mol. The summed E-state index contributed by atoms with van der Waals surface area (Å²) in [7, 11) is 1.70. The van der Waals surface area contributed by atoms with Gasteiger partial charge >= 0.3 is 12.0 Å². The second-order valence-electron chi connectivity index (χ2n) is 4.63. The molecule has 0 bridgehead atoms. The van der Waals surface area contributed by atoms with E-state index in [1.807, 2.05) is 0 Å². The van der Waals surface area contributed by atoms with E-state index in [0.29, 0.717) is 0 Å². The summed E-state index contributed by atoms with van der Waals surface area (Å²) in [6.45, 7) is 0. The Kier molecular flexibility index (Phi) is 3.69. The quantitative estimate of drug-likeness (QED) is 0.883. The van der Waals surface area contributed by atoms with Crippen LogP contribution in [0.2, 0.25) is 0 Å². The van der Waals surface area contributed by atoms with E-state index in [9.17, 15) is 14.0 Å². The first-order valence-electron chi connectivity index (χ1n) is 6.05. The molecule has 0 heterocycles. The highest BCUT2D eigenvalue weighted by Gasteiger charge is 2.25. The van der Waals surface area contributed by atoms with E-state index in [2.05, 4.69) is 5.32 Å². The fourth-order valence-electron chi connectivity index (χ4n) is 1.92. The Bertz CT molecular complexity index is 515. The molecule has 102 valence electrons. The number of halogens is 1. The van der Waals surface area contributed by atoms with Crippen molar-refractivity contribution in [1.82, 2.24) is 4.90 Å². The maximum Gasteiger partial charge on any atom is 0.338 e. The average Bonchev–Trinajstić information content (AvgIpc) is 2.25. The minimum atomic E-state index is -1.33. The molecule has 5 nitrogen and oxygen atoms in total. The number of amides is 2. The Balaban J connectivity index is 2.04. The van der Waals surface area contributed by atoms with Crippen LogP contribution in [0.25, 0.3) is 0 Å². The van der Waals surface area contributed by atoms with E-state index in [1.165, 1.54) is 6.07 Å². The Labute approximate surface area is 110 Å². The number of hydrogen-bond acceptors (Lipinski definition) is 2. The minimum absolute atomic E-state index is 0.239. The summed E-state index contributed by atoms with van der Waals surface area (Å²) in [6.07, 6.45) is 3.08. The summed E-state index contributed by atoms with van der Waals surface area (Å²) in [5.74, 6) is -2.20. The van der Waals surface area contributed by atoms with Crippen LogP contribution in [0.1, 0.15) is 29.6 Å². The van der Waals surface area contributed by atoms with Gasteiger partial charge in [-0.25, -0.2) is 14.0 Å². The third-order valence-electron chi connectivity index (χ3n) is 3.39. The van der Waals surface area contributed by atoms with Crippen molar-refractivity contribution in [2.75, 3.05) is 12.4 Å². The number of carbonyl (C=O) groups excluding carboxylic acids is 1. The van der Waals surface area contributed by atoms with Crippen molar-refractivity contribution in [3.05, 3.63) is 29.6 Å². The number of carboxylic acid groups (broad SMARTS) is 1. The highest BCUT2D eigenvalue weighted by atomic mass is 19.1. The molecule has 2 amide bonds. The highest BCUT2D eigenvalue weighted by molar-refractivity contribution is 5.91. The molecule has 0 aromatic heterocycles. The van der Waals surface area contributed by atoms with Crippen molar-refractivity contribution in [3.63, 3.8) is 0 Å². The number of hydrogen-bond donors (Lipinski definition) is 2. The third kappa shape index (κ3) is 2.83. The zero-order chi connectivity index (χ0) is 14.0. The Morgan fingerprint density at radius 3 is 2.58 bits per heavy atom. The molecule has 1 aromatic rings. The number of urea groups is 1. The number of rotatable bonds is 3. The van der Waals surface area contributed by atoms with Crippen molar-refractivity contribution < 1.29 is 19.1 Å². The molecule has 19 heavy (non-hydrogen) atoms. The lowest BCUT2D eigenvalue weighted by atomic mass is 9.92. The Morgan fingerprint density at radius 2 is 2.11 bits per heavy atom. The molecule has 0 spiro atoms. The SMILES string of the molecule is CN(C(=O)Nc1ccc(C(=O)O)c(F)c1)C1CCC1. The zero-order valence-corrected chi connectivity index (χ0v) is 10.5. The van der Waals surface area contributed by atoms with Gasteiger partial charge in [-0.05, 0) is 37.5 Å². The number of nitrogens with one attached hydrogen (secondary N) is 1. The van der Waals surface area contributed by atoms with Gasteiger partial charge in [0.1, 0.15) is 5.82 Å². The molecule has 2 rings (SSSR count). The lowest BCUT2D eigenvalue weighted by molar-refractivity contribution is 0.0692. The number of benzene rings is 1. The van der Waals surface area contributed by atoms with Gasteiger partial charge in [0.05, 0.1) is 5.56 Å². The maximum absolute atomic E-state index is 13.4. The topological polar surface area (TPSA) is 69.6 Å². The van der Waals surface area contributed by atoms with Gasteiger partial charge in [-0.15, -0.1) is 0 Å². The van der Waals surface area contributed by atoms with Crippen LogP contribution in [0.3, 0.4) is 0 Å². The number of carboxylic acids is 1. The molecule has 6 heteroatoms. The zero-order valence-electron chi connectivity index (χ0n) is 10.5. The van der Waals surface area contributed by atoms with E-state index in [1.54, 1.807) is 11.9 Å². The molecule has 1 aliphatic rings. The van der Waals surface area contributed by atoms with Crippen LogP contribution < -0.4 is 5.32 Å². The lowest BCUT2D eigenvalue weighted by Crippen LogP contribution is -2.43. The number of anilines is 1. The number of nitrogens with zero attached hydrogens (tertiary/aromatic N) is 1. The predicted octanol–water partition coefficient (Wildman–Crippen LogP) is 2.54. The standard InChI is InChI=1S/C13H15FN2O3/c1-16(9-3-2-4-9)13(19)15-8-5-6-10(12(17)18)11(14)7-8/h5-7,9H,2-4H2,1H3,(H,15,19)(H,17,18). The van der Waals surface area contributed by atoms with E-state index in [-0.39, 0.29) is 17.8 Å². The fourth-order valence-corrected chi connectivity index (χ4v) is 1.92. The molecule has 1 aliphatic carbocycles. The first-order chi connectivity index (χ1) is 8.99. The molecule has 0 radical (unpaired) electrons. The minimum Gasteiger partial charge on any atom is -0.478 e. The second kappa shape index (κ2) is 5.26. The molecular formula is C13H15FN2O3. The van der Waals surface area contributed by atoms with Crippen molar-refractivity contribution in [3.8, 4) is 0 Å². The molecule has 0 atom stereocenters. The summed E-state index contributed by atoms with van der Waals surface area (Å²) in [5.41, 5.74) is -0.163. The number of carbonyl (C=O) groups is 2. The summed E-state index contributed by atoms with van der Waals surface area (Å²) in [6, 6.07) is 3.45. The molecule has 0 saturated heterocycles. The van der Waals surface area contributed by atoms with Gasteiger partial charge in [-0.2, -0.15) is 0 Å². The van der Waals surface area contributed by atoms with Gasteiger partial charge in [0.15, 0.2) is 0 Å². The molecule has 1 saturated carbocycles. The molecular weight excluding hydrogens is 251 g/mol. The molecule has 0 unspecified atom stereocenters. The van der Waals surface area contributed by atoms with E-state index < -0.39 is 17.3 Å². The Hall–Kier alpha value is -2.11. The molecule has 0 aliphatic heterocycles. The van der Waals surface area contributed by atoms with Gasteiger partial charge in [0.2, 0.25) is 0 Å². The van der Waals surface area contributed by atoms with Crippen LogP contribution in [-0.4, -0.2) is 35.1 Å². The van der Waals surface area contributed by atoms with Gasteiger partial charge in [-0.1, -0.05) is 0 Å². The van der Waals surface area contributed by atoms with Crippen LogP contribution >= 0.6 is 0 Å². The Morgan fingerprint density at radius 1 is 1.42 bits per heavy atom. The molecule has 1 aromatic carbocycles. The van der Waals surface area contributed by atoms with Gasteiger partial charge in [0.25, 0.3) is 0 Å². The average molecular weight is 266 g/mol. The van der Waals surface area contributed by atoms with Crippen molar-refractivity contribution >= 4 is 17.7 Å². The van der Waals surface area contributed by atoms with Crippen molar-refractivity contribution in [1.29, 1.82) is 0 Å². The van der Waals surface area contributed by atoms with Crippen LogP contribution in [-0.2, 0) is 0 Å². The first kappa shape index (κ1) is 13.3. The summed E-state index contributed by atoms with van der Waals surface area (Å²) < 4.78 is 13.4. The van der Waals surface area contributed by atoms with Crippen LogP contribution in [0, 0.1) is 5.82 Å². The van der Waals surface area contributed by atoms with Crippen LogP contribution in [0.4, 0.5) is 14.9 Å². The van der Waals surface area contributed by atoms with Gasteiger partial charge in [0, 0.05) is 18.8 Å². The van der Waals surface area contributed by atoms with Crippen LogP contribution in [0.15, 0.2) is 18.2 Å². The van der Waals surface area contributed by atoms with Gasteiger partial charge in [-0.3, -0.25) is 0 Å². The summed E-state index contributed by atoms with van der Waals surface area (Å²) in [4.78, 5) is 24.1. The van der Waals surface area contributed by atoms with Crippen LogP contribution in [0.5, 0.6) is 0 Å². The number of aromatic carboxylic acids is 1. The fraction of sp³-hybridized carbons (Fsp3) is 0.385. The summed E-state index contributed by atoms with van der Waals surface area (Å²) >= 11 is 0. The van der Waals surface area contributed by atoms with E-state index >= 15 is 0 Å². The normalized spacial score (nSPS) is 14.6. The summed E-state index contributed by atoms with van der Waals surface area (Å²) in [5, 5.41) is 11.3. The van der Waals surface area contributed by atoms with E-state index in [4.69, 9.17) is 5.11 Å². The molecule has 2 N–H and O–H groups in total. The second-order valence-corrected chi connectivity index (χ2v) is 4.63. The predicted molar refractivity (Wildman–Crippen MR) is 67.8 cm³/mol. The van der Waals surface area contributed by atoms with Crippen molar-refractivity contribution in [2.24, 2.45) is 0 Å². The largest absolute Gasteiger partial charge is 0.478 e. The van der Waals surface area contributed by atoms with Crippen molar-refractivity contribution in [2.45, 2.75) is 25.3 Å². The first-order valence-corrected chi connectivity index (χ1v) is 6.05. The lowest BCUT2D eigenvalue weighted by Gasteiger charge is -2.34. The van der Waals surface area contributed by atoms with Gasteiger partial charge < -0.3 is 15.3 Å². The maximum atomic E-state index is 13.4.